The number of thiocarbonyl (C=S) groups is 1. The first-order valence-electron chi connectivity index (χ1n) is 8.69. The van der Waals surface area contributed by atoms with E-state index in [-0.39, 0.29) is 18.2 Å². The minimum absolute atomic E-state index is 0.0256. The fraction of sp³-hybridized carbons (Fsp3) is 0.250. The molecule has 0 bridgehead atoms. The number of carbonyl (C=O) groups is 2. The molecule has 140 valence electrons. The summed E-state index contributed by atoms with van der Waals surface area (Å²) in [5.74, 6) is -0.0880. The van der Waals surface area contributed by atoms with E-state index in [2.05, 4.69) is 0 Å². The van der Waals surface area contributed by atoms with Crippen molar-refractivity contribution in [1.82, 2.24) is 9.80 Å². The Morgan fingerprint density at radius 1 is 1.22 bits per heavy atom. The van der Waals surface area contributed by atoms with Gasteiger partial charge in [-0.3, -0.25) is 14.5 Å². The molecule has 0 saturated carbocycles. The molecule has 0 spiro atoms. The van der Waals surface area contributed by atoms with Crippen LogP contribution in [0.5, 0.6) is 0 Å². The average molecular weight is 417 g/mol. The Bertz CT molecular complexity index is 847. The summed E-state index contributed by atoms with van der Waals surface area (Å²) >= 11 is 8.22. The van der Waals surface area contributed by atoms with Crippen LogP contribution in [-0.4, -0.2) is 39.0 Å². The molecule has 1 saturated heterocycles. The van der Waals surface area contributed by atoms with Crippen molar-refractivity contribution >= 4 is 57.5 Å². The van der Waals surface area contributed by atoms with Crippen LogP contribution in [0.15, 0.2) is 52.7 Å². The van der Waals surface area contributed by atoms with Gasteiger partial charge in [0.1, 0.15) is 4.32 Å². The molecule has 2 amide bonds. The molecule has 2 aromatic rings. The van der Waals surface area contributed by atoms with E-state index in [4.69, 9.17) is 12.2 Å². The van der Waals surface area contributed by atoms with Crippen molar-refractivity contribution in [2.45, 2.75) is 19.9 Å². The molecule has 3 rings (SSSR count). The maximum absolute atomic E-state index is 12.6. The molecule has 1 aromatic carbocycles. The Labute approximate surface area is 172 Å². The molecule has 1 aromatic heterocycles. The first-order chi connectivity index (χ1) is 13.1. The molecule has 4 nitrogen and oxygen atoms in total. The maximum atomic E-state index is 12.6. The number of thiophene rings is 1. The van der Waals surface area contributed by atoms with Crippen LogP contribution in [0.25, 0.3) is 6.08 Å². The number of thioether (sulfide) groups is 1. The van der Waals surface area contributed by atoms with Gasteiger partial charge in [0.25, 0.3) is 5.91 Å². The highest BCUT2D eigenvalue weighted by atomic mass is 32.2. The van der Waals surface area contributed by atoms with E-state index in [1.54, 1.807) is 16.2 Å². The van der Waals surface area contributed by atoms with E-state index < -0.39 is 0 Å². The average Bonchev–Trinajstić information content (AvgIpc) is 3.27. The predicted octanol–water partition coefficient (Wildman–Crippen LogP) is 4.39. The second-order valence-electron chi connectivity index (χ2n) is 5.99. The Kier molecular flexibility index (Phi) is 6.82. The van der Waals surface area contributed by atoms with Gasteiger partial charge in [-0.2, -0.15) is 0 Å². The van der Waals surface area contributed by atoms with Crippen LogP contribution in [0.4, 0.5) is 0 Å². The second-order valence-corrected chi connectivity index (χ2v) is 8.65. The minimum Gasteiger partial charge on any atom is -0.339 e. The van der Waals surface area contributed by atoms with Gasteiger partial charge < -0.3 is 4.90 Å². The summed E-state index contributed by atoms with van der Waals surface area (Å²) in [5.41, 5.74) is 1.09. The van der Waals surface area contributed by atoms with Crippen LogP contribution in [0.2, 0.25) is 0 Å². The lowest BCUT2D eigenvalue weighted by Gasteiger charge is -2.22. The summed E-state index contributed by atoms with van der Waals surface area (Å²) in [4.78, 5) is 30.2. The first-order valence-corrected chi connectivity index (χ1v) is 10.8. The van der Waals surface area contributed by atoms with E-state index in [0.717, 1.165) is 10.4 Å². The molecule has 1 aliphatic rings. The van der Waals surface area contributed by atoms with E-state index in [1.165, 1.54) is 16.7 Å². The van der Waals surface area contributed by atoms with Crippen molar-refractivity contribution in [2.75, 3.05) is 13.1 Å². The quantitative estimate of drug-likeness (QED) is 0.496. The standard InChI is InChI=1S/C20H20N2O2S3/c1-2-21(14-15-7-4-3-5-8-15)18(23)10-11-22-19(24)17(27-20(22)25)13-16-9-6-12-26-16/h3-9,12-13H,2,10-11,14H2,1H3. The molecule has 0 radical (unpaired) electrons. The molecular formula is C20H20N2O2S3. The largest absolute Gasteiger partial charge is 0.339 e. The van der Waals surface area contributed by atoms with Crippen molar-refractivity contribution in [3.8, 4) is 0 Å². The van der Waals surface area contributed by atoms with Gasteiger partial charge in [-0.1, -0.05) is 60.4 Å². The fourth-order valence-electron chi connectivity index (χ4n) is 2.74. The van der Waals surface area contributed by atoms with Crippen LogP contribution in [-0.2, 0) is 16.1 Å². The zero-order valence-electron chi connectivity index (χ0n) is 15.0. The Hall–Kier alpha value is -1.96. The zero-order chi connectivity index (χ0) is 19.2. The van der Waals surface area contributed by atoms with Crippen LogP contribution in [0, 0.1) is 0 Å². The highest BCUT2D eigenvalue weighted by molar-refractivity contribution is 8.26. The molecule has 7 heteroatoms. The fourth-order valence-corrected chi connectivity index (χ4v) is 4.77. The molecule has 2 heterocycles. The molecule has 27 heavy (non-hydrogen) atoms. The van der Waals surface area contributed by atoms with E-state index in [0.29, 0.717) is 28.9 Å². The second kappa shape index (κ2) is 9.30. The summed E-state index contributed by atoms with van der Waals surface area (Å²) in [6, 6.07) is 13.8. The van der Waals surface area contributed by atoms with E-state index >= 15 is 0 Å². The third-order valence-corrected chi connectivity index (χ3v) is 6.39. The molecular weight excluding hydrogens is 396 g/mol. The Morgan fingerprint density at radius 2 is 2.00 bits per heavy atom. The van der Waals surface area contributed by atoms with Crippen LogP contribution >= 0.6 is 35.3 Å². The SMILES string of the molecule is CCN(Cc1ccccc1)C(=O)CCN1C(=O)C(=Cc2cccs2)SC1=S. The van der Waals surface area contributed by atoms with Gasteiger partial charge in [-0.05, 0) is 30.0 Å². The molecule has 0 aliphatic carbocycles. The number of carbonyl (C=O) groups excluding carboxylic acids is 2. The van der Waals surface area contributed by atoms with Gasteiger partial charge in [0, 0.05) is 30.9 Å². The summed E-state index contributed by atoms with van der Waals surface area (Å²) < 4.78 is 0.515. The number of hydrogen-bond acceptors (Lipinski definition) is 5. The highest BCUT2D eigenvalue weighted by Gasteiger charge is 2.32. The zero-order valence-corrected chi connectivity index (χ0v) is 17.4. The van der Waals surface area contributed by atoms with Crippen molar-refractivity contribution in [2.24, 2.45) is 0 Å². The monoisotopic (exact) mass is 416 g/mol. The Balaban J connectivity index is 1.59. The maximum Gasteiger partial charge on any atom is 0.266 e. The minimum atomic E-state index is -0.114. The van der Waals surface area contributed by atoms with Gasteiger partial charge in [0.15, 0.2) is 0 Å². The lowest BCUT2D eigenvalue weighted by molar-refractivity contribution is -0.132. The predicted molar refractivity (Wildman–Crippen MR) is 116 cm³/mol. The smallest absolute Gasteiger partial charge is 0.266 e. The van der Waals surface area contributed by atoms with Crippen molar-refractivity contribution in [3.63, 3.8) is 0 Å². The number of amides is 2. The van der Waals surface area contributed by atoms with Crippen LogP contribution in [0.3, 0.4) is 0 Å². The van der Waals surface area contributed by atoms with Gasteiger partial charge in [0.05, 0.1) is 4.91 Å². The van der Waals surface area contributed by atoms with Crippen molar-refractivity contribution < 1.29 is 9.59 Å². The summed E-state index contributed by atoms with van der Waals surface area (Å²) in [5, 5.41) is 1.97. The third kappa shape index (κ3) is 5.06. The Morgan fingerprint density at radius 3 is 2.67 bits per heavy atom. The summed E-state index contributed by atoms with van der Waals surface area (Å²) in [7, 11) is 0. The lowest BCUT2D eigenvalue weighted by atomic mass is 10.2. The summed E-state index contributed by atoms with van der Waals surface area (Å²) in [6.07, 6.45) is 2.12. The number of rotatable bonds is 7. The van der Waals surface area contributed by atoms with Crippen molar-refractivity contribution in [3.05, 3.63) is 63.2 Å². The normalized spacial score (nSPS) is 15.6. The number of benzene rings is 1. The van der Waals surface area contributed by atoms with E-state index in [9.17, 15) is 9.59 Å². The van der Waals surface area contributed by atoms with Gasteiger partial charge in [0.2, 0.25) is 5.91 Å². The summed E-state index contributed by atoms with van der Waals surface area (Å²) in [6.45, 7) is 3.48. The van der Waals surface area contributed by atoms with Gasteiger partial charge in [-0.25, -0.2) is 0 Å². The van der Waals surface area contributed by atoms with E-state index in [1.807, 2.05) is 60.8 Å². The van der Waals surface area contributed by atoms with Crippen LogP contribution < -0.4 is 0 Å². The lowest BCUT2D eigenvalue weighted by Crippen LogP contribution is -2.35. The van der Waals surface area contributed by atoms with Crippen molar-refractivity contribution in [1.29, 1.82) is 0 Å². The molecule has 0 unspecified atom stereocenters. The topological polar surface area (TPSA) is 40.6 Å². The first kappa shape index (κ1) is 19.8. The van der Waals surface area contributed by atoms with Gasteiger partial charge >= 0.3 is 0 Å². The number of nitrogens with zero attached hydrogens (tertiary/aromatic N) is 2. The number of hydrogen-bond donors (Lipinski definition) is 0. The molecule has 0 N–H and O–H groups in total. The molecule has 1 aliphatic heterocycles. The third-order valence-electron chi connectivity index (χ3n) is 4.19. The highest BCUT2D eigenvalue weighted by Crippen LogP contribution is 2.33. The molecule has 1 fully saturated rings. The van der Waals surface area contributed by atoms with Crippen LogP contribution in [0.1, 0.15) is 23.8 Å². The molecule has 0 atom stereocenters. The van der Waals surface area contributed by atoms with Gasteiger partial charge in [-0.15, -0.1) is 11.3 Å².